The molecule has 0 saturated carbocycles. The average molecular weight is 280 g/mol. The van der Waals surface area contributed by atoms with Crippen LogP contribution in [0.4, 0.5) is 0 Å². The zero-order valence-corrected chi connectivity index (χ0v) is 12.2. The number of aryl methyl sites for hydroxylation is 1. The largest absolute Gasteiger partial charge is 0.480 e. The molecule has 0 spiro atoms. The van der Waals surface area contributed by atoms with E-state index in [0.29, 0.717) is 0 Å². The molecular formula is C14H24N4O2. The van der Waals surface area contributed by atoms with Gasteiger partial charge in [-0.05, 0) is 25.5 Å². The minimum atomic E-state index is -0.737. The van der Waals surface area contributed by atoms with Crippen molar-refractivity contribution in [1.29, 1.82) is 0 Å². The first-order valence-corrected chi connectivity index (χ1v) is 7.36. The van der Waals surface area contributed by atoms with Crippen molar-refractivity contribution in [2.45, 2.75) is 32.9 Å². The molecule has 0 unspecified atom stereocenters. The van der Waals surface area contributed by atoms with Gasteiger partial charge in [-0.25, -0.2) is 0 Å². The molecule has 1 aromatic rings. The van der Waals surface area contributed by atoms with E-state index in [1.165, 1.54) is 5.69 Å². The van der Waals surface area contributed by atoms with Crippen LogP contribution >= 0.6 is 0 Å². The van der Waals surface area contributed by atoms with Gasteiger partial charge in [0.25, 0.3) is 0 Å². The van der Waals surface area contributed by atoms with Crippen molar-refractivity contribution in [2.75, 3.05) is 32.7 Å². The van der Waals surface area contributed by atoms with Crippen molar-refractivity contribution in [3.05, 3.63) is 18.0 Å². The normalized spacial score (nSPS) is 18.1. The summed E-state index contributed by atoms with van der Waals surface area (Å²) < 4.78 is 2.07. The summed E-state index contributed by atoms with van der Waals surface area (Å²) in [5.41, 5.74) is 1.25. The van der Waals surface area contributed by atoms with Crippen LogP contribution in [0.2, 0.25) is 0 Å². The molecule has 0 amide bonds. The fourth-order valence-electron chi connectivity index (χ4n) is 2.67. The highest BCUT2D eigenvalue weighted by molar-refractivity contribution is 5.69. The average Bonchev–Trinajstić information content (AvgIpc) is 2.70. The lowest BCUT2D eigenvalue weighted by Gasteiger charge is -2.21. The summed E-state index contributed by atoms with van der Waals surface area (Å²) >= 11 is 0. The first kappa shape index (κ1) is 15.0. The molecule has 1 fully saturated rings. The zero-order chi connectivity index (χ0) is 14.4. The topological polar surface area (TPSA) is 61.6 Å². The third kappa shape index (κ3) is 4.31. The van der Waals surface area contributed by atoms with E-state index < -0.39 is 5.97 Å². The highest BCUT2D eigenvalue weighted by Crippen LogP contribution is 2.09. The number of carboxylic acid groups (broad SMARTS) is 1. The Kier molecular flexibility index (Phi) is 5.55. The molecule has 0 aromatic carbocycles. The number of carboxylic acids is 1. The molecular weight excluding hydrogens is 256 g/mol. The highest BCUT2D eigenvalue weighted by atomic mass is 16.4. The Hall–Kier alpha value is -1.40. The maximum Gasteiger partial charge on any atom is 0.317 e. The molecule has 2 heterocycles. The minimum absolute atomic E-state index is 0.154. The maximum absolute atomic E-state index is 10.8. The molecule has 1 N–H and O–H groups in total. The number of rotatable bonds is 6. The Labute approximate surface area is 120 Å². The molecule has 20 heavy (non-hydrogen) atoms. The van der Waals surface area contributed by atoms with Crippen LogP contribution in [0.3, 0.4) is 0 Å². The van der Waals surface area contributed by atoms with Crippen molar-refractivity contribution >= 4 is 5.97 Å². The van der Waals surface area contributed by atoms with Gasteiger partial charge in [-0.1, -0.05) is 6.92 Å². The predicted octanol–water partition coefficient (Wildman–Crippen LogP) is 0.885. The highest BCUT2D eigenvalue weighted by Gasteiger charge is 2.17. The second-order valence-corrected chi connectivity index (χ2v) is 5.35. The maximum atomic E-state index is 10.8. The van der Waals surface area contributed by atoms with Crippen LogP contribution in [0, 0.1) is 0 Å². The van der Waals surface area contributed by atoms with E-state index in [1.807, 2.05) is 11.1 Å². The Balaban J connectivity index is 1.87. The first-order chi connectivity index (χ1) is 9.69. The fourth-order valence-corrected chi connectivity index (χ4v) is 2.67. The molecule has 1 aliphatic rings. The SMILES string of the molecule is CCCn1nccc1CN1CCCN(CC(=O)O)CC1. The number of aliphatic carboxylic acids is 1. The van der Waals surface area contributed by atoms with Gasteiger partial charge < -0.3 is 5.11 Å². The molecule has 0 bridgehead atoms. The Morgan fingerprint density at radius 3 is 2.80 bits per heavy atom. The minimum Gasteiger partial charge on any atom is -0.480 e. The molecule has 1 aromatic heterocycles. The third-order valence-electron chi connectivity index (χ3n) is 3.67. The van der Waals surface area contributed by atoms with Crippen LogP contribution in [0.1, 0.15) is 25.5 Å². The number of hydrogen-bond acceptors (Lipinski definition) is 4. The van der Waals surface area contributed by atoms with Gasteiger partial charge in [-0.3, -0.25) is 19.3 Å². The second-order valence-electron chi connectivity index (χ2n) is 5.35. The summed E-state index contributed by atoms with van der Waals surface area (Å²) in [6.45, 7) is 7.81. The van der Waals surface area contributed by atoms with Crippen molar-refractivity contribution in [3.63, 3.8) is 0 Å². The summed E-state index contributed by atoms with van der Waals surface area (Å²) in [6, 6.07) is 2.08. The van der Waals surface area contributed by atoms with E-state index in [2.05, 4.69) is 27.7 Å². The summed E-state index contributed by atoms with van der Waals surface area (Å²) in [6.07, 6.45) is 3.97. The van der Waals surface area contributed by atoms with E-state index in [-0.39, 0.29) is 6.54 Å². The van der Waals surface area contributed by atoms with E-state index in [9.17, 15) is 4.79 Å². The zero-order valence-electron chi connectivity index (χ0n) is 12.2. The third-order valence-corrected chi connectivity index (χ3v) is 3.67. The fraction of sp³-hybridized carbons (Fsp3) is 0.714. The van der Waals surface area contributed by atoms with E-state index in [0.717, 1.165) is 52.1 Å². The van der Waals surface area contributed by atoms with Crippen LogP contribution in [-0.4, -0.2) is 63.4 Å². The number of aromatic nitrogens is 2. The lowest BCUT2D eigenvalue weighted by atomic mass is 10.3. The van der Waals surface area contributed by atoms with Gasteiger partial charge in [-0.2, -0.15) is 5.10 Å². The lowest BCUT2D eigenvalue weighted by Crippen LogP contribution is -2.34. The summed E-state index contributed by atoms with van der Waals surface area (Å²) in [4.78, 5) is 15.2. The molecule has 0 aliphatic carbocycles. The molecule has 112 valence electrons. The van der Waals surface area contributed by atoms with Gasteiger partial charge in [0.1, 0.15) is 0 Å². The number of carbonyl (C=O) groups is 1. The van der Waals surface area contributed by atoms with Crippen LogP contribution in [-0.2, 0) is 17.9 Å². The molecule has 1 aliphatic heterocycles. The Bertz CT molecular complexity index is 433. The van der Waals surface area contributed by atoms with Gasteiger partial charge in [0.05, 0.1) is 12.2 Å². The second kappa shape index (κ2) is 7.40. The van der Waals surface area contributed by atoms with Crippen molar-refractivity contribution in [3.8, 4) is 0 Å². The monoisotopic (exact) mass is 280 g/mol. The molecule has 0 radical (unpaired) electrons. The van der Waals surface area contributed by atoms with Crippen molar-refractivity contribution in [2.24, 2.45) is 0 Å². The van der Waals surface area contributed by atoms with E-state index >= 15 is 0 Å². The van der Waals surface area contributed by atoms with Gasteiger partial charge in [-0.15, -0.1) is 0 Å². The van der Waals surface area contributed by atoms with Gasteiger partial charge >= 0.3 is 5.97 Å². The smallest absolute Gasteiger partial charge is 0.317 e. The summed E-state index contributed by atoms with van der Waals surface area (Å²) in [7, 11) is 0. The summed E-state index contributed by atoms with van der Waals surface area (Å²) in [5, 5.41) is 13.2. The van der Waals surface area contributed by atoms with Gasteiger partial charge in [0.2, 0.25) is 0 Å². The van der Waals surface area contributed by atoms with Crippen LogP contribution in [0.15, 0.2) is 12.3 Å². The lowest BCUT2D eigenvalue weighted by molar-refractivity contribution is -0.138. The Morgan fingerprint density at radius 2 is 2.05 bits per heavy atom. The van der Waals surface area contributed by atoms with Gasteiger partial charge in [0, 0.05) is 38.9 Å². The van der Waals surface area contributed by atoms with Gasteiger partial charge in [0.15, 0.2) is 0 Å². The molecule has 2 rings (SSSR count). The molecule has 6 heteroatoms. The first-order valence-electron chi connectivity index (χ1n) is 7.36. The van der Waals surface area contributed by atoms with Crippen LogP contribution in [0.25, 0.3) is 0 Å². The Morgan fingerprint density at radius 1 is 1.30 bits per heavy atom. The number of nitrogens with zero attached hydrogens (tertiary/aromatic N) is 4. The number of hydrogen-bond donors (Lipinski definition) is 1. The van der Waals surface area contributed by atoms with Crippen molar-refractivity contribution in [1.82, 2.24) is 19.6 Å². The summed E-state index contributed by atoms with van der Waals surface area (Å²) in [5.74, 6) is -0.737. The van der Waals surface area contributed by atoms with Crippen LogP contribution in [0.5, 0.6) is 0 Å². The van der Waals surface area contributed by atoms with Crippen LogP contribution < -0.4 is 0 Å². The van der Waals surface area contributed by atoms with Crippen molar-refractivity contribution < 1.29 is 9.90 Å². The standard InChI is InChI=1S/C14H24N4O2/c1-2-6-18-13(4-5-15-18)11-16-7-3-8-17(10-9-16)12-14(19)20/h4-5H,2-3,6-12H2,1H3,(H,19,20). The molecule has 1 saturated heterocycles. The molecule has 0 atom stereocenters. The quantitative estimate of drug-likeness (QED) is 0.838. The van der Waals surface area contributed by atoms with E-state index in [1.54, 1.807) is 0 Å². The predicted molar refractivity (Wildman–Crippen MR) is 76.5 cm³/mol. The van der Waals surface area contributed by atoms with E-state index in [4.69, 9.17) is 5.11 Å². The molecule has 6 nitrogen and oxygen atoms in total.